The largest absolute Gasteiger partial charge is 0.493 e. The van der Waals surface area contributed by atoms with E-state index >= 15 is 0 Å². The number of aliphatic carboxylic acids is 1. The molecule has 1 unspecified atom stereocenters. The first-order chi connectivity index (χ1) is 12.3. The van der Waals surface area contributed by atoms with Crippen LogP contribution in [0.15, 0.2) is 30.5 Å². The number of rotatable bonds is 8. The molecule has 8 heteroatoms. The molecule has 8 nitrogen and oxygen atoms in total. The van der Waals surface area contributed by atoms with Crippen molar-refractivity contribution in [3.05, 3.63) is 41.7 Å². The number of methoxy groups -OCH3 is 2. The van der Waals surface area contributed by atoms with E-state index in [1.54, 1.807) is 35.1 Å². The van der Waals surface area contributed by atoms with E-state index in [0.29, 0.717) is 17.1 Å². The van der Waals surface area contributed by atoms with Gasteiger partial charge in [0.15, 0.2) is 11.5 Å². The van der Waals surface area contributed by atoms with Gasteiger partial charge in [-0.2, -0.15) is 5.10 Å². The lowest BCUT2D eigenvalue weighted by Crippen LogP contribution is -2.30. The molecule has 140 valence electrons. The van der Waals surface area contributed by atoms with Gasteiger partial charge in [-0.05, 0) is 37.6 Å². The van der Waals surface area contributed by atoms with Crippen molar-refractivity contribution >= 4 is 11.9 Å². The minimum Gasteiger partial charge on any atom is -0.493 e. The lowest BCUT2D eigenvalue weighted by atomic mass is 10.0. The van der Waals surface area contributed by atoms with E-state index in [2.05, 4.69) is 10.4 Å². The second kappa shape index (κ2) is 8.37. The number of amides is 1. The van der Waals surface area contributed by atoms with Crippen molar-refractivity contribution in [3.63, 3.8) is 0 Å². The molecular weight excluding hydrogens is 338 g/mol. The number of benzene rings is 1. The molecule has 2 aromatic rings. The minimum atomic E-state index is -1.03. The third-order valence-electron chi connectivity index (χ3n) is 3.86. The van der Waals surface area contributed by atoms with Crippen LogP contribution in [-0.2, 0) is 4.79 Å². The second-order valence-electron chi connectivity index (χ2n) is 6.01. The Hall–Kier alpha value is -3.03. The third kappa shape index (κ3) is 4.53. The summed E-state index contributed by atoms with van der Waals surface area (Å²) in [5, 5.41) is 16.1. The average molecular weight is 361 g/mol. The summed E-state index contributed by atoms with van der Waals surface area (Å²) in [6.07, 6.45) is 1.44. The molecule has 0 fully saturated rings. The molecule has 0 spiro atoms. The Kier molecular flexibility index (Phi) is 6.21. The zero-order valence-electron chi connectivity index (χ0n) is 15.2. The van der Waals surface area contributed by atoms with Crippen molar-refractivity contribution in [1.29, 1.82) is 0 Å². The molecule has 0 saturated heterocycles. The van der Waals surface area contributed by atoms with Crippen molar-refractivity contribution < 1.29 is 24.2 Å². The molecule has 1 aromatic heterocycles. The second-order valence-corrected chi connectivity index (χ2v) is 6.01. The molecule has 2 rings (SSSR count). The number of carboxylic acid groups (broad SMARTS) is 1. The number of aromatic nitrogens is 2. The Morgan fingerprint density at radius 3 is 2.42 bits per heavy atom. The van der Waals surface area contributed by atoms with E-state index in [0.717, 1.165) is 0 Å². The first-order valence-corrected chi connectivity index (χ1v) is 8.15. The van der Waals surface area contributed by atoms with Gasteiger partial charge in [0.25, 0.3) is 5.91 Å². The summed E-state index contributed by atoms with van der Waals surface area (Å²) in [6.45, 7) is 3.90. The summed E-state index contributed by atoms with van der Waals surface area (Å²) in [5.74, 6) is -0.491. The van der Waals surface area contributed by atoms with Crippen LogP contribution in [0.4, 0.5) is 0 Å². The van der Waals surface area contributed by atoms with E-state index in [1.807, 2.05) is 13.8 Å². The quantitative estimate of drug-likeness (QED) is 0.748. The lowest BCUT2D eigenvalue weighted by molar-refractivity contribution is -0.137. The number of hydrogen-bond acceptors (Lipinski definition) is 5. The van der Waals surface area contributed by atoms with Crippen LogP contribution >= 0.6 is 0 Å². The fourth-order valence-electron chi connectivity index (χ4n) is 2.48. The topological polar surface area (TPSA) is 103 Å². The normalized spacial score (nSPS) is 11.9. The van der Waals surface area contributed by atoms with Crippen molar-refractivity contribution in [2.45, 2.75) is 32.4 Å². The van der Waals surface area contributed by atoms with Gasteiger partial charge in [-0.3, -0.25) is 14.3 Å². The highest BCUT2D eigenvalue weighted by molar-refractivity contribution is 5.92. The molecule has 0 radical (unpaired) electrons. The van der Waals surface area contributed by atoms with E-state index < -0.39 is 17.9 Å². The maximum absolute atomic E-state index is 12.5. The maximum atomic E-state index is 12.5. The lowest BCUT2D eigenvalue weighted by Gasteiger charge is -2.18. The number of hydrogen-bond donors (Lipinski definition) is 2. The summed E-state index contributed by atoms with van der Waals surface area (Å²) >= 11 is 0. The fraction of sp³-hybridized carbons (Fsp3) is 0.389. The minimum absolute atomic E-state index is 0.122. The van der Waals surface area contributed by atoms with Gasteiger partial charge in [-0.25, -0.2) is 0 Å². The third-order valence-corrected chi connectivity index (χ3v) is 3.86. The van der Waals surface area contributed by atoms with Crippen LogP contribution in [0.3, 0.4) is 0 Å². The van der Waals surface area contributed by atoms with E-state index in [9.17, 15) is 14.7 Å². The number of ether oxygens (including phenoxy) is 2. The summed E-state index contributed by atoms with van der Waals surface area (Å²) in [6, 6.07) is 6.01. The summed E-state index contributed by atoms with van der Waals surface area (Å²) in [5.41, 5.74) is 0.830. The molecule has 1 atom stereocenters. The Morgan fingerprint density at radius 2 is 1.88 bits per heavy atom. The SMILES string of the molecule is COc1ccc(C(CC(=O)O)NC(=O)c2ccn(C(C)C)n2)cc1OC. The first kappa shape index (κ1) is 19.3. The number of carbonyl (C=O) groups is 2. The van der Waals surface area contributed by atoms with E-state index in [4.69, 9.17) is 9.47 Å². The van der Waals surface area contributed by atoms with Gasteiger partial charge < -0.3 is 19.9 Å². The van der Waals surface area contributed by atoms with Crippen molar-refractivity contribution in [2.24, 2.45) is 0 Å². The van der Waals surface area contributed by atoms with Crippen LogP contribution in [0, 0.1) is 0 Å². The molecule has 0 aliphatic heterocycles. The fourth-order valence-corrected chi connectivity index (χ4v) is 2.48. The predicted octanol–water partition coefficient (Wildman–Crippen LogP) is 2.43. The van der Waals surface area contributed by atoms with Gasteiger partial charge in [-0.15, -0.1) is 0 Å². The molecule has 2 N–H and O–H groups in total. The van der Waals surface area contributed by atoms with Crippen LogP contribution in [-0.4, -0.2) is 41.0 Å². The van der Waals surface area contributed by atoms with Crippen LogP contribution in [0.1, 0.15) is 48.4 Å². The average Bonchev–Trinajstić information content (AvgIpc) is 3.10. The van der Waals surface area contributed by atoms with Gasteiger partial charge in [0, 0.05) is 12.2 Å². The molecule has 1 amide bonds. The zero-order valence-corrected chi connectivity index (χ0v) is 15.2. The molecule has 0 bridgehead atoms. The van der Waals surface area contributed by atoms with E-state index in [1.165, 1.54) is 14.2 Å². The maximum Gasteiger partial charge on any atom is 0.305 e. The number of nitrogens with zero attached hydrogens (tertiary/aromatic N) is 2. The smallest absolute Gasteiger partial charge is 0.305 e. The molecule has 0 saturated carbocycles. The molecule has 0 aliphatic rings. The number of nitrogens with one attached hydrogen (secondary N) is 1. The molecular formula is C18H23N3O5. The van der Waals surface area contributed by atoms with Crippen LogP contribution in [0.2, 0.25) is 0 Å². The standard InChI is InChI=1S/C18H23N3O5/c1-11(2)21-8-7-13(20-21)18(24)19-14(10-17(22)23)12-5-6-15(25-3)16(9-12)26-4/h5-9,11,14H,10H2,1-4H3,(H,19,24)(H,22,23). The predicted molar refractivity (Wildman–Crippen MR) is 94.6 cm³/mol. The summed E-state index contributed by atoms with van der Waals surface area (Å²) in [7, 11) is 3.00. The number of carboxylic acids is 1. The van der Waals surface area contributed by atoms with Crippen LogP contribution in [0.5, 0.6) is 11.5 Å². The molecule has 26 heavy (non-hydrogen) atoms. The molecule has 1 aromatic carbocycles. The Balaban J connectivity index is 2.26. The first-order valence-electron chi connectivity index (χ1n) is 8.15. The van der Waals surface area contributed by atoms with Crippen molar-refractivity contribution in [3.8, 4) is 11.5 Å². The highest BCUT2D eigenvalue weighted by Crippen LogP contribution is 2.31. The highest BCUT2D eigenvalue weighted by Gasteiger charge is 2.22. The Labute approximate surface area is 151 Å². The van der Waals surface area contributed by atoms with Gasteiger partial charge >= 0.3 is 5.97 Å². The van der Waals surface area contributed by atoms with Crippen molar-refractivity contribution in [2.75, 3.05) is 14.2 Å². The summed E-state index contributed by atoms with van der Waals surface area (Å²) < 4.78 is 12.1. The molecule has 1 heterocycles. The van der Waals surface area contributed by atoms with Crippen molar-refractivity contribution in [1.82, 2.24) is 15.1 Å². The van der Waals surface area contributed by atoms with Gasteiger partial charge in [0.2, 0.25) is 0 Å². The van der Waals surface area contributed by atoms with Crippen LogP contribution < -0.4 is 14.8 Å². The van der Waals surface area contributed by atoms with Gasteiger partial charge in [0.1, 0.15) is 5.69 Å². The van der Waals surface area contributed by atoms with E-state index in [-0.39, 0.29) is 18.2 Å². The zero-order chi connectivity index (χ0) is 19.3. The van der Waals surface area contributed by atoms with Gasteiger partial charge in [-0.1, -0.05) is 6.07 Å². The monoisotopic (exact) mass is 361 g/mol. The Bertz CT molecular complexity index is 785. The van der Waals surface area contributed by atoms with Gasteiger partial charge in [0.05, 0.1) is 26.7 Å². The Morgan fingerprint density at radius 1 is 1.19 bits per heavy atom. The highest BCUT2D eigenvalue weighted by atomic mass is 16.5. The molecule has 0 aliphatic carbocycles. The summed E-state index contributed by atoms with van der Waals surface area (Å²) in [4.78, 5) is 23.7. The van der Waals surface area contributed by atoms with Crippen LogP contribution in [0.25, 0.3) is 0 Å². The number of carbonyl (C=O) groups excluding carboxylic acids is 1.